The van der Waals surface area contributed by atoms with Crippen LogP contribution in [0.25, 0.3) is 6.08 Å². The second-order valence-corrected chi connectivity index (χ2v) is 4.87. The highest BCUT2D eigenvalue weighted by Gasteiger charge is 2.32. The number of rotatable bonds is 1. The zero-order chi connectivity index (χ0) is 14.4. The highest BCUT2D eigenvalue weighted by atomic mass is 16.7. The molecule has 1 aliphatic carbocycles. The number of carbonyl (C=O) groups excluding carboxylic acids is 2. The summed E-state index contributed by atoms with van der Waals surface area (Å²) >= 11 is 0. The van der Waals surface area contributed by atoms with E-state index in [-0.39, 0.29) is 23.9 Å². The van der Waals surface area contributed by atoms with Crippen LogP contribution in [-0.4, -0.2) is 18.4 Å². The van der Waals surface area contributed by atoms with Gasteiger partial charge in [0.05, 0.1) is 5.57 Å². The molecule has 0 N–H and O–H groups in total. The zero-order valence-electron chi connectivity index (χ0n) is 11.0. The number of benzene rings is 2. The standard InChI is InChI=1S/C17H10O4/c18-16-11-3-1-2-4-12(11)17(19)13(16)7-10-5-6-14-15(8-10)21-9-20-14/h1-8H,9H2. The molecule has 2 aromatic carbocycles. The molecule has 4 heteroatoms. The van der Waals surface area contributed by atoms with Crippen LogP contribution in [0.2, 0.25) is 0 Å². The molecule has 0 spiro atoms. The Morgan fingerprint density at radius 3 is 2.24 bits per heavy atom. The molecule has 1 aliphatic heterocycles. The Morgan fingerprint density at radius 2 is 1.52 bits per heavy atom. The molecule has 4 rings (SSSR count). The molecule has 0 aromatic heterocycles. The van der Waals surface area contributed by atoms with Crippen molar-refractivity contribution in [2.45, 2.75) is 0 Å². The van der Waals surface area contributed by atoms with Gasteiger partial charge in [0.2, 0.25) is 6.79 Å². The Hall–Kier alpha value is -2.88. The molecule has 0 radical (unpaired) electrons. The van der Waals surface area contributed by atoms with Crippen LogP contribution >= 0.6 is 0 Å². The molecule has 0 bridgehead atoms. The first-order chi connectivity index (χ1) is 10.2. The number of ether oxygens (including phenoxy) is 2. The van der Waals surface area contributed by atoms with Gasteiger partial charge in [0, 0.05) is 11.1 Å². The molecule has 1 heterocycles. The second kappa shape index (κ2) is 4.31. The van der Waals surface area contributed by atoms with Gasteiger partial charge in [0.25, 0.3) is 0 Å². The summed E-state index contributed by atoms with van der Waals surface area (Å²) in [6.45, 7) is 0.193. The predicted molar refractivity (Wildman–Crippen MR) is 75.6 cm³/mol. The zero-order valence-corrected chi connectivity index (χ0v) is 11.0. The van der Waals surface area contributed by atoms with E-state index in [9.17, 15) is 9.59 Å². The van der Waals surface area contributed by atoms with Crippen LogP contribution in [-0.2, 0) is 0 Å². The van der Waals surface area contributed by atoms with Crippen LogP contribution in [0.4, 0.5) is 0 Å². The molecule has 0 unspecified atom stereocenters. The normalized spacial score (nSPS) is 15.3. The fourth-order valence-corrected chi connectivity index (χ4v) is 2.57. The molecule has 2 aliphatic rings. The van der Waals surface area contributed by atoms with Crippen LogP contribution in [0.15, 0.2) is 48.0 Å². The maximum absolute atomic E-state index is 12.3. The van der Waals surface area contributed by atoms with E-state index in [1.807, 2.05) is 0 Å². The molecule has 2 aromatic rings. The lowest BCUT2D eigenvalue weighted by Gasteiger charge is -1.99. The predicted octanol–water partition coefficient (Wildman–Crippen LogP) is 2.88. The van der Waals surface area contributed by atoms with Crippen molar-refractivity contribution in [3.05, 3.63) is 64.7 Å². The van der Waals surface area contributed by atoms with Gasteiger partial charge in [0.1, 0.15) is 0 Å². The van der Waals surface area contributed by atoms with E-state index < -0.39 is 0 Å². The van der Waals surface area contributed by atoms with Crippen molar-refractivity contribution < 1.29 is 19.1 Å². The third kappa shape index (κ3) is 1.76. The minimum Gasteiger partial charge on any atom is -0.454 e. The molecule has 0 saturated carbocycles. The molecular weight excluding hydrogens is 268 g/mol. The fraction of sp³-hybridized carbons (Fsp3) is 0.0588. The van der Waals surface area contributed by atoms with Crippen LogP contribution in [0, 0.1) is 0 Å². The third-order valence-corrected chi connectivity index (χ3v) is 3.61. The number of hydrogen-bond acceptors (Lipinski definition) is 4. The van der Waals surface area contributed by atoms with Crippen molar-refractivity contribution in [1.82, 2.24) is 0 Å². The Morgan fingerprint density at radius 1 is 0.857 bits per heavy atom. The van der Waals surface area contributed by atoms with Crippen LogP contribution in [0.1, 0.15) is 26.3 Å². The highest BCUT2D eigenvalue weighted by Crippen LogP contribution is 2.34. The van der Waals surface area contributed by atoms with E-state index in [2.05, 4.69) is 0 Å². The van der Waals surface area contributed by atoms with Crippen molar-refractivity contribution in [2.24, 2.45) is 0 Å². The summed E-state index contributed by atoms with van der Waals surface area (Å²) in [7, 11) is 0. The van der Waals surface area contributed by atoms with Crippen LogP contribution in [0.5, 0.6) is 11.5 Å². The molecule has 102 valence electrons. The van der Waals surface area contributed by atoms with E-state index in [1.165, 1.54) is 0 Å². The van der Waals surface area contributed by atoms with Crippen LogP contribution < -0.4 is 9.47 Å². The van der Waals surface area contributed by atoms with Gasteiger partial charge in [0.15, 0.2) is 23.1 Å². The molecular formula is C17H10O4. The Bertz CT molecular complexity index is 780. The lowest BCUT2D eigenvalue weighted by molar-refractivity contribution is 0.0990. The number of carbonyl (C=O) groups is 2. The van der Waals surface area contributed by atoms with Gasteiger partial charge in [-0.2, -0.15) is 0 Å². The van der Waals surface area contributed by atoms with Gasteiger partial charge in [-0.3, -0.25) is 9.59 Å². The first kappa shape index (κ1) is 11.9. The van der Waals surface area contributed by atoms with E-state index in [0.717, 1.165) is 5.56 Å². The topological polar surface area (TPSA) is 52.6 Å². The first-order valence-electron chi connectivity index (χ1n) is 6.54. The quantitative estimate of drug-likeness (QED) is 0.594. The molecule has 0 fully saturated rings. The van der Waals surface area contributed by atoms with Gasteiger partial charge in [-0.15, -0.1) is 0 Å². The molecule has 0 amide bonds. The largest absolute Gasteiger partial charge is 0.454 e. The summed E-state index contributed by atoms with van der Waals surface area (Å²) in [6, 6.07) is 12.2. The fourth-order valence-electron chi connectivity index (χ4n) is 2.57. The summed E-state index contributed by atoms with van der Waals surface area (Å²) in [4.78, 5) is 24.6. The average molecular weight is 278 g/mol. The molecule has 4 nitrogen and oxygen atoms in total. The van der Waals surface area contributed by atoms with E-state index in [4.69, 9.17) is 9.47 Å². The molecule has 0 saturated heterocycles. The lowest BCUT2D eigenvalue weighted by Crippen LogP contribution is -2.00. The van der Waals surface area contributed by atoms with Crippen LogP contribution in [0.3, 0.4) is 0 Å². The highest BCUT2D eigenvalue weighted by molar-refractivity contribution is 6.41. The number of Topliss-reactive ketones (excluding diaryl/α,β-unsaturated/α-hetero) is 2. The van der Waals surface area contributed by atoms with Gasteiger partial charge in [-0.25, -0.2) is 0 Å². The average Bonchev–Trinajstić information content (AvgIpc) is 3.06. The summed E-state index contributed by atoms with van der Waals surface area (Å²) in [5.41, 5.74) is 1.86. The smallest absolute Gasteiger partial charge is 0.231 e. The van der Waals surface area contributed by atoms with Gasteiger partial charge in [-0.05, 0) is 23.8 Å². The second-order valence-electron chi connectivity index (χ2n) is 4.87. The Kier molecular flexibility index (Phi) is 2.44. The molecule has 0 atom stereocenters. The van der Waals surface area contributed by atoms with Gasteiger partial charge in [-0.1, -0.05) is 30.3 Å². The maximum atomic E-state index is 12.3. The lowest BCUT2D eigenvalue weighted by atomic mass is 10.1. The van der Waals surface area contributed by atoms with Crippen molar-refractivity contribution >= 4 is 17.6 Å². The van der Waals surface area contributed by atoms with E-state index >= 15 is 0 Å². The first-order valence-corrected chi connectivity index (χ1v) is 6.54. The SMILES string of the molecule is O=C1C(=Cc2ccc3c(c2)OCO3)C(=O)c2ccccc21. The number of hydrogen-bond donors (Lipinski definition) is 0. The number of fused-ring (bicyclic) bond motifs is 2. The molecule has 21 heavy (non-hydrogen) atoms. The van der Waals surface area contributed by atoms with Crippen molar-refractivity contribution in [3.8, 4) is 11.5 Å². The minimum atomic E-state index is -0.228. The van der Waals surface area contributed by atoms with E-state index in [0.29, 0.717) is 22.6 Å². The summed E-state index contributed by atoms with van der Waals surface area (Å²) in [6.07, 6.45) is 1.60. The van der Waals surface area contributed by atoms with Crippen molar-refractivity contribution in [2.75, 3.05) is 6.79 Å². The third-order valence-electron chi connectivity index (χ3n) is 3.61. The van der Waals surface area contributed by atoms with E-state index in [1.54, 1.807) is 48.5 Å². The summed E-state index contributed by atoms with van der Waals surface area (Å²) < 4.78 is 10.5. The number of ketones is 2. The summed E-state index contributed by atoms with van der Waals surface area (Å²) in [5, 5.41) is 0. The van der Waals surface area contributed by atoms with Crippen molar-refractivity contribution in [3.63, 3.8) is 0 Å². The van der Waals surface area contributed by atoms with Crippen molar-refractivity contribution in [1.29, 1.82) is 0 Å². The Labute approximate surface area is 120 Å². The summed E-state index contributed by atoms with van der Waals surface area (Å²) in [5.74, 6) is 0.839. The van der Waals surface area contributed by atoms with Gasteiger partial charge < -0.3 is 9.47 Å². The minimum absolute atomic E-state index is 0.190. The van der Waals surface area contributed by atoms with Gasteiger partial charge >= 0.3 is 0 Å². The maximum Gasteiger partial charge on any atom is 0.231 e. The number of allylic oxidation sites excluding steroid dienone is 1. The monoisotopic (exact) mass is 278 g/mol. The Balaban J connectivity index is 1.78.